The first kappa shape index (κ1) is 18.5. The second-order valence-electron chi connectivity index (χ2n) is 8.15. The van der Waals surface area contributed by atoms with E-state index in [1.807, 2.05) is 35.6 Å². The van der Waals surface area contributed by atoms with Crippen molar-refractivity contribution in [1.82, 2.24) is 24.5 Å². The highest BCUT2D eigenvalue weighted by Gasteiger charge is 2.30. The third-order valence-corrected chi connectivity index (χ3v) is 5.93. The van der Waals surface area contributed by atoms with E-state index < -0.39 is 0 Å². The summed E-state index contributed by atoms with van der Waals surface area (Å²) in [7, 11) is 0. The molecule has 0 radical (unpaired) electrons. The number of fused-ring (bicyclic) bond motifs is 2. The summed E-state index contributed by atoms with van der Waals surface area (Å²) in [6.07, 6.45) is 4.56. The Morgan fingerprint density at radius 3 is 2.83 bits per heavy atom. The van der Waals surface area contributed by atoms with Crippen molar-refractivity contribution in [2.24, 2.45) is 0 Å². The van der Waals surface area contributed by atoms with Crippen LogP contribution < -0.4 is 4.90 Å². The normalized spacial score (nSPS) is 15.7. The van der Waals surface area contributed by atoms with Gasteiger partial charge in [-0.1, -0.05) is 23.4 Å². The van der Waals surface area contributed by atoms with Gasteiger partial charge in [-0.15, -0.1) is 5.10 Å². The van der Waals surface area contributed by atoms with E-state index in [0.29, 0.717) is 6.54 Å². The summed E-state index contributed by atoms with van der Waals surface area (Å²) in [5.74, 6) is 0.0306. The van der Waals surface area contributed by atoms with Crippen molar-refractivity contribution in [3.05, 3.63) is 71.3 Å². The number of carbonyl (C=O) groups excluding carboxylic acids is 1. The van der Waals surface area contributed by atoms with Crippen molar-refractivity contribution in [1.29, 1.82) is 0 Å². The standard InChI is InChI=1S/C23H24N6O/c1-15-8-20-22(9-16(15)2)27(14-24-20)11-19-12-28(26-25-19)13-23(30)29-17(3)10-18-6-4-5-7-21(18)29/h4-9,12,14,17H,10-11,13H2,1-3H3. The highest BCUT2D eigenvalue weighted by Crippen LogP contribution is 2.32. The molecule has 1 aliphatic rings. The number of amides is 1. The van der Waals surface area contributed by atoms with Gasteiger partial charge in [-0.3, -0.25) is 4.79 Å². The molecule has 0 aliphatic carbocycles. The number of aryl methyl sites for hydroxylation is 2. The van der Waals surface area contributed by atoms with Gasteiger partial charge in [-0.05, 0) is 62.1 Å². The van der Waals surface area contributed by atoms with Gasteiger partial charge in [-0.2, -0.15) is 0 Å². The van der Waals surface area contributed by atoms with Crippen molar-refractivity contribution >= 4 is 22.6 Å². The maximum Gasteiger partial charge on any atom is 0.249 e. The molecule has 1 atom stereocenters. The van der Waals surface area contributed by atoms with Crippen LogP contribution in [0.5, 0.6) is 0 Å². The van der Waals surface area contributed by atoms with Crippen LogP contribution >= 0.6 is 0 Å². The first-order valence-corrected chi connectivity index (χ1v) is 10.2. The van der Waals surface area contributed by atoms with Gasteiger partial charge in [0.2, 0.25) is 5.91 Å². The van der Waals surface area contributed by atoms with E-state index in [1.54, 1.807) is 4.68 Å². The van der Waals surface area contributed by atoms with E-state index in [1.165, 1.54) is 16.7 Å². The Labute approximate surface area is 174 Å². The zero-order valence-corrected chi connectivity index (χ0v) is 17.4. The SMILES string of the molecule is Cc1cc2ncn(Cc3cn(CC(=O)N4c5ccccc5CC4C)nn3)c2cc1C. The number of benzene rings is 2. The minimum absolute atomic E-state index is 0.0306. The molecule has 0 fully saturated rings. The van der Waals surface area contributed by atoms with E-state index >= 15 is 0 Å². The van der Waals surface area contributed by atoms with Crippen LogP contribution in [0.15, 0.2) is 48.9 Å². The van der Waals surface area contributed by atoms with Crippen LogP contribution in [-0.4, -0.2) is 36.5 Å². The van der Waals surface area contributed by atoms with Crippen LogP contribution in [0.4, 0.5) is 5.69 Å². The van der Waals surface area contributed by atoms with Gasteiger partial charge in [0.05, 0.1) is 30.1 Å². The Morgan fingerprint density at radius 1 is 1.17 bits per heavy atom. The van der Waals surface area contributed by atoms with E-state index in [4.69, 9.17) is 0 Å². The minimum Gasteiger partial charge on any atom is -0.324 e. The molecule has 2 aromatic carbocycles. The molecule has 1 amide bonds. The lowest BCUT2D eigenvalue weighted by Crippen LogP contribution is -2.38. The predicted molar refractivity (Wildman–Crippen MR) is 115 cm³/mol. The highest BCUT2D eigenvalue weighted by atomic mass is 16.2. The average molecular weight is 400 g/mol. The lowest BCUT2D eigenvalue weighted by atomic mass is 10.1. The number of aromatic nitrogens is 5. The Morgan fingerprint density at radius 2 is 1.97 bits per heavy atom. The van der Waals surface area contributed by atoms with Gasteiger partial charge in [0.15, 0.2) is 0 Å². The average Bonchev–Trinajstić information content (AvgIpc) is 3.40. The summed E-state index contributed by atoms with van der Waals surface area (Å²) in [5.41, 5.74) is 7.54. The van der Waals surface area contributed by atoms with Crippen molar-refractivity contribution in [3.63, 3.8) is 0 Å². The van der Waals surface area contributed by atoms with Gasteiger partial charge in [0, 0.05) is 11.7 Å². The fourth-order valence-electron chi connectivity index (χ4n) is 4.26. The zero-order valence-electron chi connectivity index (χ0n) is 17.4. The van der Waals surface area contributed by atoms with E-state index in [9.17, 15) is 4.79 Å². The molecule has 30 heavy (non-hydrogen) atoms. The Kier molecular flexibility index (Phi) is 4.38. The van der Waals surface area contributed by atoms with Gasteiger partial charge >= 0.3 is 0 Å². The summed E-state index contributed by atoms with van der Waals surface area (Å²) in [6.45, 7) is 7.02. The van der Waals surface area contributed by atoms with Crippen molar-refractivity contribution in [2.75, 3.05) is 4.90 Å². The molecular formula is C23H24N6O. The summed E-state index contributed by atoms with van der Waals surface area (Å²) in [6, 6.07) is 12.5. The highest BCUT2D eigenvalue weighted by molar-refractivity contribution is 5.96. The van der Waals surface area contributed by atoms with Gasteiger partial charge < -0.3 is 9.47 Å². The second-order valence-corrected chi connectivity index (χ2v) is 8.15. The van der Waals surface area contributed by atoms with Crippen LogP contribution in [0.2, 0.25) is 0 Å². The Balaban J connectivity index is 1.33. The molecule has 2 aromatic heterocycles. The van der Waals surface area contributed by atoms with Crippen LogP contribution in [0.3, 0.4) is 0 Å². The van der Waals surface area contributed by atoms with E-state index in [-0.39, 0.29) is 18.5 Å². The molecule has 5 rings (SSSR count). The molecule has 0 spiro atoms. The summed E-state index contributed by atoms with van der Waals surface area (Å²) in [5, 5.41) is 8.46. The molecule has 7 nitrogen and oxygen atoms in total. The second kappa shape index (κ2) is 7.09. The van der Waals surface area contributed by atoms with Crippen LogP contribution in [0, 0.1) is 13.8 Å². The quantitative estimate of drug-likeness (QED) is 0.527. The molecule has 0 saturated carbocycles. The van der Waals surface area contributed by atoms with Crippen molar-refractivity contribution < 1.29 is 4.79 Å². The van der Waals surface area contributed by atoms with E-state index in [0.717, 1.165) is 28.8 Å². The first-order valence-electron chi connectivity index (χ1n) is 10.2. The van der Waals surface area contributed by atoms with Crippen LogP contribution in [0.1, 0.15) is 29.3 Å². The molecule has 7 heteroatoms. The third-order valence-electron chi connectivity index (χ3n) is 5.93. The molecule has 0 saturated heterocycles. The lowest BCUT2D eigenvalue weighted by Gasteiger charge is -2.22. The largest absolute Gasteiger partial charge is 0.324 e. The number of nitrogens with zero attached hydrogens (tertiary/aromatic N) is 6. The topological polar surface area (TPSA) is 68.8 Å². The zero-order chi connectivity index (χ0) is 20.8. The first-order chi connectivity index (χ1) is 14.5. The summed E-state index contributed by atoms with van der Waals surface area (Å²) >= 11 is 0. The molecule has 1 unspecified atom stereocenters. The fourth-order valence-corrected chi connectivity index (χ4v) is 4.26. The van der Waals surface area contributed by atoms with Crippen LogP contribution in [0.25, 0.3) is 11.0 Å². The summed E-state index contributed by atoms with van der Waals surface area (Å²) in [4.78, 5) is 19.4. The minimum atomic E-state index is 0.0306. The van der Waals surface area contributed by atoms with Crippen molar-refractivity contribution in [2.45, 2.75) is 46.3 Å². The third kappa shape index (κ3) is 3.16. The summed E-state index contributed by atoms with van der Waals surface area (Å²) < 4.78 is 3.69. The molecule has 4 aromatic rings. The molecule has 3 heterocycles. The number of hydrogen-bond donors (Lipinski definition) is 0. The van der Waals surface area contributed by atoms with Gasteiger partial charge in [0.1, 0.15) is 12.2 Å². The molecule has 0 N–H and O–H groups in total. The maximum absolute atomic E-state index is 13.0. The molecular weight excluding hydrogens is 376 g/mol. The molecule has 0 bridgehead atoms. The number of anilines is 1. The number of rotatable bonds is 4. The van der Waals surface area contributed by atoms with Gasteiger partial charge in [-0.25, -0.2) is 9.67 Å². The smallest absolute Gasteiger partial charge is 0.249 e. The fraction of sp³-hybridized carbons (Fsp3) is 0.304. The Bertz CT molecular complexity index is 1250. The Hall–Kier alpha value is -3.48. The number of carbonyl (C=O) groups is 1. The van der Waals surface area contributed by atoms with Gasteiger partial charge in [0.25, 0.3) is 0 Å². The predicted octanol–water partition coefficient (Wildman–Crippen LogP) is 3.27. The monoisotopic (exact) mass is 400 g/mol. The number of hydrogen-bond acceptors (Lipinski definition) is 4. The molecule has 1 aliphatic heterocycles. The van der Waals surface area contributed by atoms with Crippen molar-refractivity contribution in [3.8, 4) is 0 Å². The van der Waals surface area contributed by atoms with E-state index in [2.05, 4.69) is 58.8 Å². The maximum atomic E-state index is 13.0. The number of para-hydroxylation sites is 1. The lowest BCUT2D eigenvalue weighted by molar-refractivity contribution is -0.119. The molecule has 152 valence electrons. The number of imidazole rings is 1. The van der Waals surface area contributed by atoms with Crippen LogP contribution in [-0.2, 0) is 24.3 Å².